The van der Waals surface area contributed by atoms with Crippen LogP contribution in [-0.2, 0) is 6.42 Å². The maximum absolute atomic E-state index is 12.1. The van der Waals surface area contributed by atoms with Crippen LogP contribution in [0.15, 0.2) is 30.3 Å². The number of carbonyl (C=O) groups excluding carboxylic acids is 1. The van der Waals surface area contributed by atoms with Gasteiger partial charge in [-0.2, -0.15) is 0 Å². The predicted molar refractivity (Wildman–Crippen MR) is 77.2 cm³/mol. The van der Waals surface area contributed by atoms with Crippen molar-refractivity contribution in [1.29, 1.82) is 0 Å². The smallest absolute Gasteiger partial charge is 0.265 e. The molecule has 1 aromatic heterocycles. The van der Waals surface area contributed by atoms with Gasteiger partial charge in [0.15, 0.2) is 0 Å². The Hall–Kier alpha value is -1.81. The molecule has 1 heterocycles. The SMILES string of the molecule is CCc1ccc(C(=O)Nc2cc(N)ccc2C)s1. The molecule has 2 rings (SSSR count). The lowest BCUT2D eigenvalue weighted by Crippen LogP contribution is -2.11. The van der Waals surface area contributed by atoms with Gasteiger partial charge in [-0.3, -0.25) is 4.79 Å². The van der Waals surface area contributed by atoms with Crippen LogP contribution in [0.25, 0.3) is 0 Å². The largest absolute Gasteiger partial charge is 0.399 e. The lowest BCUT2D eigenvalue weighted by Gasteiger charge is -2.08. The zero-order valence-corrected chi connectivity index (χ0v) is 11.3. The molecule has 4 heteroatoms. The van der Waals surface area contributed by atoms with Crippen molar-refractivity contribution in [2.45, 2.75) is 20.3 Å². The number of aryl methyl sites for hydroxylation is 2. The molecule has 94 valence electrons. The van der Waals surface area contributed by atoms with Gasteiger partial charge in [-0.25, -0.2) is 0 Å². The average Bonchev–Trinajstić information content (AvgIpc) is 2.82. The second-order valence-electron chi connectivity index (χ2n) is 4.15. The van der Waals surface area contributed by atoms with Gasteiger partial charge in [0.05, 0.1) is 4.88 Å². The summed E-state index contributed by atoms with van der Waals surface area (Å²) in [6, 6.07) is 9.36. The molecule has 2 aromatic rings. The second-order valence-corrected chi connectivity index (χ2v) is 5.32. The molecule has 0 unspecified atom stereocenters. The predicted octanol–water partition coefficient (Wildman–Crippen LogP) is 3.45. The summed E-state index contributed by atoms with van der Waals surface area (Å²) in [6.45, 7) is 4.02. The van der Waals surface area contributed by atoms with Crippen molar-refractivity contribution in [3.63, 3.8) is 0 Å². The van der Waals surface area contributed by atoms with E-state index in [2.05, 4.69) is 12.2 Å². The Kier molecular flexibility index (Phi) is 3.67. The first-order valence-electron chi connectivity index (χ1n) is 5.86. The Morgan fingerprint density at radius 2 is 2.11 bits per heavy atom. The summed E-state index contributed by atoms with van der Waals surface area (Å²) < 4.78 is 0. The molecule has 3 nitrogen and oxygen atoms in total. The maximum Gasteiger partial charge on any atom is 0.265 e. The number of hydrogen-bond donors (Lipinski definition) is 2. The molecule has 3 N–H and O–H groups in total. The Bertz CT molecular complexity index is 575. The zero-order valence-electron chi connectivity index (χ0n) is 10.5. The summed E-state index contributed by atoms with van der Waals surface area (Å²) >= 11 is 1.53. The molecule has 0 fully saturated rings. The van der Waals surface area contributed by atoms with Gasteiger partial charge in [-0.05, 0) is 43.2 Å². The van der Waals surface area contributed by atoms with E-state index in [9.17, 15) is 4.79 Å². The molecule has 0 bridgehead atoms. The average molecular weight is 260 g/mol. The number of carbonyl (C=O) groups is 1. The minimum atomic E-state index is -0.0756. The van der Waals surface area contributed by atoms with E-state index >= 15 is 0 Å². The van der Waals surface area contributed by atoms with Crippen LogP contribution in [0.2, 0.25) is 0 Å². The van der Waals surface area contributed by atoms with Crippen molar-refractivity contribution in [1.82, 2.24) is 0 Å². The molecule has 0 aliphatic rings. The Morgan fingerprint density at radius 3 is 2.78 bits per heavy atom. The van der Waals surface area contributed by atoms with Gasteiger partial charge in [-0.15, -0.1) is 11.3 Å². The molecule has 18 heavy (non-hydrogen) atoms. The van der Waals surface area contributed by atoms with Crippen LogP contribution < -0.4 is 11.1 Å². The highest BCUT2D eigenvalue weighted by Crippen LogP contribution is 2.22. The van der Waals surface area contributed by atoms with Crippen molar-refractivity contribution < 1.29 is 4.79 Å². The van der Waals surface area contributed by atoms with E-state index in [4.69, 9.17) is 5.73 Å². The summed E-state index contributed by atoms with van der Waals surface area (Å²) in [4.78, 5) is 14.0. The van der Waals surface area contributed by atoms with E-state index < -0.39 is 0 Å². The normalized spacial score (nSPS) is 10.3. The molecule has 0 atom stereocenters. The molecule has 0 saturated carbocycles. The van der Waals surface area contributed by atoms with Crippen molar-refractivity contribution in [2.24, 2.45) is 0 Å². The highest BCUT2D eigenvalue weighted by molar-refractivity contribution is 7.14. The van der Waals surface area contributed by atoms with Crippen molar-refractivity contribution in [2.75, 3.05) is 11.1 Å². The molecule has 0 spiro atoms. The third kappa shape index (κ3) is 2.71. The van der Waals surface area contributed by atoms with E-state index in [1.807, 2.05) is 31.2 Å². The molecule has 1 aromatic carbocycles. The fraction of sp³-hybridized carbons (Fsp3) is 0.214. The Morgan fingerprint density at radius 1 is 1.33 bits per heavy atom. The highest BCUT2D eigenvalue weighted by atomic mass is 32.1. The summed E-state index contributed by atoms with van der Waals surface area (Å²) in [5.74, 6) is -0.0756. The van der Waals surface area contributed by atoms with Crippen LogP contribution in [-0.4, -0.2) is 5.91 Å². The van der Waals surface area contributed by atoms with Crippen LogP contribution in [0.3, 0.4) is 0 Å². The first kappa shape index (κ1) is 12.6. The molecular weight excluding hydrogens is 244 g/mol. The van der Waals surface area contributed by atoms with Crippen LogP contribution in [0.1, 0.15) is 27.0 Å². The third-order valence-corrected chi connectivity index (χ3v) is 3.97. The molecule has 0 aliphatic heterocycles. The number of anilines is 2. The summed E-state index contributed by atoms with van der Waals surface area (Å²) in [7, 11) is 0. The van der Waals surface area contributed by atoms with Crippen LogP contribution in [0.5, 0.6) is 0 Å². The maximum atomic E-state index is 12.1. The Balaban J connectivity index is 2.18. The molecule has 0 saturated heterocycles. The van der Waals surface area contributed by atoms with Crippen LogP contribution >= 0.6 is 11.3 Å². The molecular formula is C14H16N2OS. The minimum absolute atomic E-state index is 0.0756. The fourth-order valence-electron chi connectivity index (χ4n) is 1.65. The van der Waals surface area contributed by atoms with E-state index in [-0.39, 0.29) is 5.91 Å². The minimum Gasteiger partial charge on any atom is -0.399 e. The summed E-state index contributed by atoms with van der Waals surface area (Å²) in [5.41, 5.74) is 8.14. The summed E-state index contributed by atoms with van der Waals surface area (Å²) in [6.07, 6.45) is 0.954. The number of amides is 1. The molecule has 1 amide bonds. The van der Waals surface area contributed by atoms with Crippen molar-refractivity contribution in [3.05, 3.63) is 45.6 Å². The Labute approximate surface area is 111 Å². The standard InChI is InChI=1S/C14H16N2OS/c1-3-11-6-7-13(18-11)14(17)16-12-8-10(15)5-4-9(12)2/h4-8H,3,15H2,1-2H3,(H,16,17). The topological polar surface area (TPSA) is 55.1 Å². The van der Waals surface area contributed by atoms with E-state index in [0.717, 1.165) is 22.5 Å². The molecule has 0 aliphatic carbocycles. The lowest BCUT2D eigenvalue weighted by molar-refractivity contribution is 0.103. The number of nitrogens with two attached hydrogens (primary N) is 1. The number of thiophene rings is 1. The molecule has 0 radical (unpaired) electrons. The van der Waals surface area contributed by atoms with Gasteiger partial charge in [-0.1, -0.05) is 13.0 Å². The zero-order chi connectivity index (χ0) is 13.1. The van der Waals surface area contributed by atoms with E-state index in [0.29, 0.717) is 5.69 Å². The highest BCUT2D eigenvalue weighted by Gasteiger charge is 2.10. The lowest BCUT2D eigenvalue weighted by atomic mass is 10.2. The van der Waals surface area contributed by atoms with Crippen molar-refractivity contribution >= 4 is 28.6 Å². The second kappa shape index (κ2) is 5.23. The number of nitrogens with one attached hydrogen (secondary N) is 1. The third-order valence-electron chi connectivity index (χ3n) is 2.74. The first-order chi connectivity index (χ1) is 8.60. The van der Waals surface area contributed by atoms with Gasteiger partial charge in [0.2, 0.25) is 0 Å². The number of nitrogen functional groups attached to an aromatic ring is 1. The van der Waals surface area contributed by atoms with Crippen LogP contribution in [0.4, 0.5) is 11.4 Å². The van der Waals surface area contributed by atoms with Gasteiger partial charge in [0, 0.05) is 16.3 Å². The quantitative estimate of drug-likeness (QED) is 0.830. The van der Waals surface area contributed by atoms with Gasteiger partial charge < -0.3 is 11.1 Å². The van der Waals surface area contributed by atoms with E-state index in [1.54, 1.807) is 6.07 Å². The first-order valence-corrected chi connectivity index (χ1v) is 6.68. The van der Waals surface area contributed by atoms with E-state index in [1.165, 1.54) is 16.2 Å². The van der Waals surface area contributed by atoms with Crippen molar-refractivity contribution in [3.8, 4) is 0 Å². The number of benzene rings is 1. The number of hydrogen-bond acceptors (Lipinski definition) is 3. The van der Waals surface area contributed by atoms with Crippen LogP contribution in [0, 0.1) is 6.92 Å². The van der Waals surface area contributed by atoms with Gasteiger partial charge >= 0.3 is 0 Å². The summed E-state index contributed by atoms with van der Waals surface area (Å²) in [5, 5.41) is 2.90. The van der Waals surface area contributed by atoms with Gasteiger partial charge in [0.25, 0.3) is 5.91 Å². The number of rotatable bonds is 3. The monoisotopic (exact) mass is 260 g/mol. The fourth-order valence-corrected chi connectivity index (χ4v) is 2.49. The van der Waals surface area contributed by atoms with Gasteiger partial charge in [0.1, 0.15) is 0 Å².